The molecule has 0 aliphatic heterocycles. The summed E-state index contributed by atoms with van der Waals surface area (Å²) in [6.45, 7) is 0.512. The molecule has 6 heteroatoms. The van der Waals surface area contributed by atoms with Crippen LogP contribution in [0.25, 0.3) is 0 Å². The van der Waals surface area contributed by atoms with Gasteiger partial charge in [0.25, 0.3) is 5.91 Å². The zero-order valence-electron chi connectivity index (χ0n) is 13.7. The molecule has 0 aliphatic rings. The summed E-state index contributed by atoms with van der Waals surface area (Å²) in [6, 6.07) is 13.7. The van der Waals surface area contributed by atoms with Gasteiger partial charge >= 0.3 is 0 Å². The molecule has 0 saturated heterocycles. The Morgan fingerprint density at radius 1 is 1.20 bits per heavy atom. The number of hydrogen-bond acceptors (Lipinski definition) is 4. The molecule has 128 valence electrons. The first kappa shape index (κ1) is 17.3. The van der Waals surface area contributed by atoms with Crippen molar-refractivity contribution in [3.05, 3.63) is 82.1 Å². The summed E-state index contributed by atoms with van der Waals surface area (Å²) in [5.74, 6) is -0.469. The number of hydrogen-bond donors (Lipinski definition) is 1. The van der Waals surface area contributed by atoms with Crippen LogP contribution >= 0.6 is 11.3 Å². The summed E-state index contributed by atoms with van der Waals surface area (Å²) >= 11 is 1.38. The smallest absolute Gasteiger partial charge is 0.257 e. The number of nitrogens with one attached hydrogen (secondary N) is 1. The van der Waals surface area contributed by atoms with Crippen LogP contribution in [0, 0.1) is 5.82 Å². The molecule has 1 aromatic heterocycles. The predicted octanol–water partition coefficient (Wildman–Crippen LogP) is 4.27. The van der Waals surface area contributed by atoms with E-state index in [1.807, 2.05) is 18.2 Å². The molecule has 0 atom stereocenters. The maximum absolute atomic E-state index is 13.2. The van der Waals surface area contributed by atoms with Gasteiger partial charge in [-0.2, -0.15) is 0 Å². The van der Waals surface area contributed by atoms with Gasteiger partial charge in [0.1, 0.15) is 5.82 Å². The van der Waals surface area contributed by atoms with Crippen molar-refractivity contribution in [2.75, 3.05) is 12.4 Å². The fraction of sp³-hybridized carbons (Fsp3) is 0.158. The van der Waals surface area contributed by atoms with Crippen LogP contribution < -0.4 is 5.32 Å². The molecule has 0 fully saturated rings. The van der Waals surface area contributed by atoms with Crippen molar-refractivity contribution in [3.8, 4) is 0 Å². The van der Waals surface area contributed by atoms with E-state index in [1.54, 1.807) is 31.5 Å². The standard InChI is InChI=1S/C19H17FN2O2S/c1-24-12-13-5-7-15(8-6-13)18(23)22-19-21-11-17(25-19)10-14-3-2-4-16(20)9-14/h2-9,11H,10,12H2,1H3,(H,21,22,23). The van der Waals surface area contributed by atoms with E-state index in [2.05, 4.69) is 10.3 Å². The van der Waals surface area contributed by atoms with Crippen LogP contribution in [0.2, 0.25) is 0 Å². The second-order valence-electron chi connectivity index (χ2n) is 5.52. The van der Waals surface area contributed by atoms with Gasteiger partial charge in [0.05, 0.1) is 6.61 Å². The number of aromatic nitrogens is 1. The van der Waals surface area contributed by atoms with Crippen molar-refractivity contribution in [2.24, 2.45) is 0 Å². The molecular formula is C19H17FN2O2S. The average molecular weight is 356 g/mol. The highest BCUT2D eigenvalue weighted by atomic mass is 32.1. The van der Waals surface area contributed by atoms with Crippen LogP contribution in [0.4, 0.5) is 9.52 Å². The zero-order valence-corrected chi connectivity index (χ0v) is 14.5. The average Bonchev–Trinajstić information content (AvgIpc) is 3.02. The first-order chi connectivity index (χ1) is 12.1. The molecule has 1 N–H and O–H groups in total. The lowest BCUT2D eigenvalue weighted by Gasteiger charge is -2.03. The molecular weight excluding hydrogens is 339 g/mol. The molecule has 0 aliphatic carbocycles. The normalized spacial score (nSPS) is 10.6. The Bertz CT molecular complexity index is 862. The number of benzene rings is 2. The number of ether oxygens (including phenoxy) is 1. The van der Waals surface area contributed by atoms with Crippen molar-refractivity contribution in [1.82, 2.24) is 4.98 Å². The minimum Gasteiger partial charge on any atom is -0.380 e. The maximum atomic E-state index is 13.2. The lowest BCUT2D eigenvalue weighted by atomic mass is 10.1. The molecule has 0 spiro atoms. The van der Waals surface area contributed by atoms with E-state index >= 15 is 0 Å². The monoisotopic (exact) mass is 356 g/mol. The van der Waals surface area contributed by atoms with Gasteiger partial charge in [-0.25, -0.2) is 9.37 Å². The van der Waals surface area contributed by atoms with Crippen LogP contribution in [-0.2, 0) is 17.8 Å². The number of carbonyl (C=O) groups excluding carboxylic acids is 1. The van der Waals surface area contributed by atoms with Crippen molar-refractivity contribution < 1.29 is 13.9 Å². The second-order valence-corrected chi connectivity index (χ2v) is 6.64. The number of carbonyl (C=O) groups is 1. The molecule has 0 radical (unpaired) electrons. The summed E-state index contributed by atoms with van der Waals surface area (Å²) in [5, 5.41) is 3.32. The summed E-state index contributed by atoms with van der Waals surface area (Å²) in [4.78, 5) is 17.4. The van der Waals surface area contributed by atoms with Crippen LogP contribution in [0.15, 0.2) is 54.7 Å². The van der Waals surface area contributed by atoms with Gasteiger partial charge in [0.2, 0.25) is 0 Å². The van der Waals surface area contributed by atoms with Crippen LogP contribution in [0.5, 0.6) is 0 Å². The zero-order chi connectivity index (χ0) is 17.6. The van der Waals surface area contributed by atoms with Crippen molar-refractivity contribution in [1.29, 1.82) is 0 Å². The predicted molar refractivity (Wildman–Crippen MR) is 96.4 cm³/mol. The molecule has 3 aromatic rings. The minimum atomic E-state index is -0.257. The van der Waals surface area contributed by atoms with Crippen molar-refractivity contribution in [3.63, 3.8) is 0 Å². The Morgan fingerprint density at radius 2 is 2.00 bits per heavy atom. The number of amides is 1. The van der Waals surface area contributed by atoms with Gasteiger partial charge in [-0.3, -0.25) is 10.1 Å². The Hall–Kier alpha value is -2.57. The van der Waals surface area contributed by atoms with E-state index in [1.165, 1.54) is 23.5 Å². The molecule has 4 nitrogen and oxygen atoms in total. The largest absolute Gasteiger partial charge is 0.380 e. The van der Waals surface area contributed by atoms with Crippen LogP contribution in [0.1, 0.15) is 26.4 Å². The highest BCUT2D eigenvalue weighted by molar-refractivity contribution is 7.15. The van der Waals surface area contributed by atoms with Gasteiger partial charge in [-0.15, -0.1) is 11.3 Å². The maximum Gasteiger partial charge on any atom is 0.257 e. The highest BCUT2D eigenvalue weighted by Gasteiger charge is 2.10. The number of nitrogens with zero attached hydrogens (tertiary/aromatic N) is 1. The lowest BCUT2D eigenvalue weighted by molar-refractivity contribution is 0.102. The molecule has 0 bridgehead atoms. The number of halogens is 1. The van der Waals surface area contributed by atoms with Gasteiger partial charge in [0, 0.05) is 30.2 Å². The Kier molecular flexibility index (Phi) is 5.53. The van der Waals surface area contributed by atoms with Gasteiger partial charge in [-0.1, -0.05) is 24.3 Å². The summed E-state index contributed by atoms with van der Waals surface area (Å²) in [6.07, 6.45) is 2.28. The van der Waals surface area contributed by atoms with Crippen molar-refractivity contribution >= 4 is 22.4 Å². The van der Waals surface area contributed by atoms with Gasteiger partial charge in [-0.05, 0) is 35.4 Å². The number of anilines is 1. The van der Waals surface area contributed by atoms with E-state index < -0.39 is 0 Å². The fourth-order valence-electron chi connectivity index (χ4n) is 2.38. The summed E-state index contributed by atoms with van der Waals surface area (Å²) in [5.41, 5.74) is 2.43. The minimum absolute atomic E-state index is 0.212. The van der Waals surface area contributed by atoms with E-state index in [0.29, 0.717) is 23.7 Å². The quantitative estimate of drug-likeness (QED) is 0.717. The molecule has 2 aromatic carbocycles. The third kappa shape index (κ3) is 4.71. The summed E-state index contributed by atoms with van der Waals surface area (Å²) in [7, 11) is 1.63. The third-order valence-corrected chi connectivity index (χ3v) is 4.48. The first-order valence-corrected chi connectivity index (χ1v) is 8.54. The molecule has 3 rings (SSSR count). The Morgan fingerprint density at radius 3 is 2.72 bits per heavy atom. The first-order valence-electron chi connectivity index (χ1n) is 7.72. The van der Waals surface area contributed by atoms with E-state index in [-0.39, 0.29) is 11.7 Å². The van der Waals surface area contributed by atoms with E-state index in [9.17, 15) is 9.18 Å². The highest BCUT2D eigenvalue weighted by Crippen LogP contribution is 2.22. The molecule has 1 amide bonds. The van der Waals surface area contributed by atoms with Crippen LogP contribution in [-0.4, -0.2) is 18.0 Å². The molecule has 25 heavy (non-hydrogen) atoms. The summed E-state index contributed by atoms with van der Waals surface area (Å²) < 4.78 is 18.3. The molecule has 0 saturated carbocycles. The number of methoxy groups -OCH3 is 1. The Balaban J connectivity index is 1.63. The Labute approximate surface area is 149 Å². The van der Waals surface area contributed by atoms with Crippen LogP contribution in [0.3, 0.4) is 0 Å². The third-order valence-electron chi connectivity index (χ3n) is 3.57. The van der Waals surface area contributed by atoms with Gasteiger partial charge in [0.15, 0.2) is 5.13 Å². The van der Waals surface area contributed by atoms with Crippen molar-refractivity contribution in [2.45, 2.75) is 13.0 Å². The SMILES string of the molecule is COCc1ccc(C(=O)Nc2ncc(Cc3cccc(F)c3)s2)cc1. The van der Waals surface area contributed by atoms with E-state index in [0.717, 1.165) is 16.0 Å². The number of rotatable bonds is 6. The molecule has 0 unspecified atom stereocenters. The van der Waals surface area contributed by atoms with E-state index in [4.69, 9.17) is 4.74 Å². The fourth-order valence-corrected chi connectivity index (χ4v) is 3.23. The molecule has 1 heterocycles. The number of thiazole rings is 1. The lowest BCUT2D eigenvalue weighted by Crippen LogP contribution is -2.11. The second kappa shape index (κ2) is 8.00. The topological polar surface area (TPSA) is 51.2 Å². The van der Waals surface area contributed by atoms with Gasteiger partial charge < -0.3 is 4.74 Å².